The average molecular weight is 243 g/mol. The molecule has 1 aliphatic rings. The highest BCUT2D eigenvalue weighted by Crippen LogP contribution is 2.24. The van der Waals surface area contributed by atoms with Crippen molar-refractivity contribution in [1.82, 2.24) is 10.3 Å². The normalized spacial score (nSPS) is 15.1. The van der Waals surface area contributed by atoms with Gasteiger partial charge in [-0.25, -0.2) is 0 Å². The molecule has 0 spiro atoms. The van der Waals surface area contributed by atoms with E-state index >= 15 is 0 Å². The zero-order valence-electron chi connectivity index (χ0n) is 11.2. The van der Waals surface area contributed by atoms with Crippen LogP contribution < -0.4 is 10.2 Å². The molecule has 96 valence electrons. The molecule has 0 unspecified atom stereocenters. The third-order valence-corrected chi connectivity index (χ3v) is 3.08. The molecule has 3 rings (SSSR count). The molecule has 2 heterocycles. The monoisotopic (exact) mass is 243 g/mol. The van der Waals surface area contributed by atoms with Crippen LogP contribution in [0.1, 0.15) is 13.8 Å². The van der Waals surface area contributed by atoms with Crippen LogP contribution in [-0.4, -0.2) is 31.2 Å². The summed E-state index contributed by atoms with van der Waals surface area (Å²) in [6.45, 7) is 8.29. The highest BCUT2D eigenvalue weighted by Gasteiger charge is 2.12. The number of benzene rings is 1. The number of rotatable bonds is 1. The molecule has 0 aliphatic carbocycles. The first kappa shape index (κ1) is 12.8. The Bertz CT molecular complexity index is 485. The van der Waals surface area contributed by atoms with Crippen molar-refractivity contribution in [1.29, 1.82) is 0 Å². The number of fused-ring (bicyclic) bond motifs is 1. The van der Waals surface area contributed by atoms with Crippen molar-refractivity contribution in [2.75, 3.05) is 31.1 Å². The van der Waals surface area contributed by atoms with Gasteiger partial charge in [0.2, 0.25) is 0 Å². The van der Waals surface area contributed by atoms with Gasteiger partial charge in [-0.2, -0.15) is 0 Å². The molecule has 1 fully saturated rings. The van der Waals surface area contributed by atoms with Crippen molar-refractivity contribution in [3.63, 3.8) is 0 Å². The lowest BCUT2D eigenvalue weighted by Crippen LogP contribution is -2.43. The fraction of sp³-hybridized carbons (Fsp3) is 0.400. The van der Waals surface area contributed by atoms with Crippen molar-refractivity contribution in [3.05, 3.63) is 36.5 Å². The van der Waals surface area contributed by atoms with Crippen LogP contribution in [-0.2, 0) is 0 Å². The maximum atomic E-state index is 4.39. The maximum absolute atomic E-state index is 4.39. The smallest absolute Gasteiger partial charge is 0.0722 e. The Morgan fingerprint density at radius 1 is 1.06 bits per heavy atom. The van der Waals surface area contributed by atoms with Gasteiger partial charge in [-0.05, 0) is 12.1 Å². The number of nitrogens with zero attached hydrogens (tertiary/aromatic N) is 2. The second-order valence-electron chi connectivity index (χ2n) is 4.08. The molecule has 18 heavy (non-hydrogen) atoms. The van der Waals surface area contributed by atoms with E-state index in [1.54, 1.807) is 0 Å². The third-order valence-electron chi connectivity index (χ3n) is 3.08. The predicted octanol–water partition coefficient (Wildman–Crippen LogP) is 2.67. The number of pyridine rings is 1. The predicted molar refractivity (Wildman–Crippen MR) is 78.2 cm³/mol. The summed E-state index contributed by atoms with van der Waals surface area (Å²) in [7, 11) is 0. The molecule has 2 aromatic rings. The van der Waals surface area contributed by atoms with Gasteiger partial charge < -0.3 is 10.2 Å². The SMILES string of the molecule is CC.c1ccc2c(N3CCNCC3)ccnc2c1. The van der Waals surface area contributed by atoms with Gasteiger partial charge >= 0.3 is 0 Å². The molecule has 1 N–H and O–H groups in total. The molecular formula is C15H21N3. The van der Waals surface area contributed by atoms with E-state index in [0.29, 0.717) is 0 Å². The van der Waals surface area contributed by atoms with Gasteiger partial charge in [0.05, 0.1) is 5.52 Å². The van der Waals surface area contributed by atoms with E-state index in [1.807, 2.05) is 26.1 Å². The minimum atomic E-state index is 1.07. The summed E-state index contributed by atoms with van der Waals surface area (Å²) in [6.07, 6.45) is 1.90. The molecule has 0 saturated carbocycles. The van der Waals surface area contributed by atoms with Crippen LogP contribution in [0.4, 0.5) is 5.69 Å². The molecule has 0 amide bonds. The van der Waals surface area contributed by atoms with Crippen molar-refractivity contribution in [3.8, 4) is 0 Å². The van der Waals surface area contributed by atoms with E-state index in [1.165, 1.54) is 11.1 Å². The second-order valence-corrected chi connectivity index (χ2v) is 4.08. The van der Waals surface area contributed by atoms with Crippen molar-refractivity contribution < 1.29 is 0 Å². The molecule has 1 aromatic heterocycles. The summed E-state index contributed by atoms with van der Waals surface area (Å²) in [5.41, 5.74) is 2.39. The number of aromatic nitrogens is 1. The Labute approximate surface area is 109 Å². The first-order valence-corrected chi connectivity index (χ1v) is 6.74. The molecule has 0 bridgehead atoms. The molecule has 1 aliphatic heterocycles. The van der Waals surface area contributed by atoms with Crippen LogP contribution in [0, 0.1) is 0 Å². The van der Waals surface area contributed by atoms with Gasteiger partial charge in [0.1, 0.15) is 0 Å². The highest BCUT2D eigenvalue weighted by atomic mass is 15.2. The second kappa shape index (κ2) is 6.36. The summed E-state index contributed by atoms with van der Waals surface area (Å²) in [5.74, 6) is 0. The molecule has 0 radical (unpaired) electrons. The Hall–Kier alpha value is -1.61. The summed E-state index contributed by atoms with van der Waals surface area (Å²) in [5, 5.41) is 4.63. The Balaban J connectivity index is 0.000000574. The zero-order valence-corrected chi connectivity index (χ0v) is 11.2. The lowest BCUT2D eigenvalue weighted by atomic mass is 10.1. The quantitative estimate of drug-likeness (QED) is 0.834. The van der Waals surface area contributed by atoms with Crippen LogP contribution in [0.5, 0.6) is 0 Å². The summed E-state index contributed by atoms with van der Waals surface area (Å²) in [4.78, 5) is 6.83. The van der Waals surface area contributed by atoms with Crippen LogP contribution in [0.3, 0.4) is 0 Å². The topological polar surface area (TPSA) is 28.2 Å². The number of para-hydroxylation sites is 1. The van der Waals surface area contributed by atoms with E-state index in [0.717, 1.165) is 31.7 Å². The number of hydrogen-bond donors (Lipinski definition) is 1. The van der Waals surface area contributed by atoms with Crippen LogP contribution in [0.25, 0.3) is 10.9 Å². The van der Waals surface area contributed by atoms with Crippen LogP contribution in [0.15, 0.2) is 36.5 Å². The lowest BCUT2D eigenvalue weighted by molar-refractivity contribution is 0.590. The summed E-state index contributed by atoms with van der Waals surface area (Å²) >= 11 is 0. The van der Waals surface area contributed by atoms with Gasteiger partial charge in [0.15, 0.2) is 0 Å². The first-order chi connectivity index (χ1) is 8.95. The molecule has 0 atom stereocenters. The Kier molecular flexibility index (Phi) is 4.53. The van der Waals surface area contributed by atoms with Gasteiger partial charge in [-0.3, -0.25) is 4.98 Å². The van der Waals surface area contributed by atoms with E-state index < -0.39 is 0 Å². The van der Waals surface area contributed by atoms with Gasteiger partial charge in [0.25, 0.3) is 0 Å². The van der Waals surface area contributed by atoms with Crippen molar-refractivity contribution >= 4 is 16.6 Å². The fourth-order valence-corrected chi connectivity index (χ4v) is 2.26. The zero-order chi connectivity index (χ0) is 12.8. The molecular weight excluding hydrogens is 222 g/mol. The molecule has 3 nitrogen and oxygen atoms in total. The van der Waals surface area contributed by atoms with E-state index in [-0.39, 0.29) is 0 Å². The molecule has 1 saturated heterocycles. The number of anilines is 1. The summed E-state index contributed by atoms with van der Waals surface area (Å²) < 4.78 is 0. The van der Waals surface area contributed by atoms with Gasteiger partial charge in [0, 0.05) is 43.4 Å². The van der Waals surface area contributed by atoms with Crippen LogP contribution >= 0.6 is 0 Å². The number of nitrogens with one attached hydrogen (secondary N) is 1. The molecule has 1 aromatic carbocycles. The average Bonchev–Trinajstić information content (AvgIpc) is 2.50. The van der Waals surface area contributed by atoms with Crippen molar-refractivity contribution in [2.45, 2.75) is 13.8 Å². The fourth-order valence-electron chi connectivity index (χ4n) is 2.26. The van der Waals surface area contributed by atoms with Crippen LogP contribution in [0.2, 0.25) is 0 Å². The van der Waals surface area contributed by atoms with E-state index in [2.05, 4.69) is 39.5 Å². The number of piperazine rings is 1. The van der Waals surface area contributed by atoms with E-state index in [9.17, 15) is 0 Å². The minimum Gasteiger partial charge on any atom is -0.368 e. The minimum absolute atomic E-state index is 1.07. The standard InChI is InChI=1S/C13H15N3.C2H6/c1-2-4-12-11(3-1)13(5-6-15-12)16-9-7-14-8-10-16;1-2/h1-6,14H,7-10H2;1-2H3. The largest absolute Gasteiger partial charge is 0.368 e. The van der Waals surface area contributed by atoms with Gasteiger partial charge in [-0.15, -0.1) is 0 Å². The Morgan fingerprint density at radius 3 is 2.56 bits per heavy atom. The molecule has 3 heteroatoms. The Morgan fingerprint density at radius 2 is 1.78 bits per heavy atom. The maximum Gasteiger partial charge on any atom is 0.0722 e. The van der Waals surface area contributed by atoms with E-state index in [4.69, 9.17) is 0 Å². The third kappa shape index (κ3) is 2.62. The van der Waals surface area contributed by atoms with Gasteiger partial charge in [-0.1, -0.05) is 32.0 Å². The first-order valence-electron chi connectivity index (χ1n) is 6.74. The number of hydrogen-bond acceptors (Lipinski definition) is 3. The summed E-state index contributed by atoms with van der Waals surface area (Å²) in [6, 6.07) is 10.5. The van der Waals surface area contributed by atoms with Crippen molar-refractivity contribution in [2.24, 2.45) is 0 Å². The highest BCUT2D eigenvalue weighted by molar-refractivity contribution is 5.91. The lowest BCUT2D eigenvalue weighted by Gasteiger charge is -2.30.